The molecular formula is C25H28FN7O3. The number of nitrogens with zero attached hydrogens (tertiary/aromatic N) is 6. The van der Waals surface area contributed by atoms with Crippen molar-refractivity contribution in [2.75, 3.05) is 57.9 Å². The second kappa shape index (κ2) is 9.82. The number of amides is 1. The molecule has 2 aromatic heterocycles. The zero-order valence-electron chi connectivity index (χ0n) is 20.0. The molecule has 1 amide bonds. The van der Waals surface area contributed by atoms with Crippen molar-refractivity contribution in [1.29, 1.82) is 0 Å². The lowest BCUT2D eigenvalue weighted by Crippen LogP contribution is -2.45. The lowest BCUT2D eigenvalue weighted by atomic mass is 10.0. The molecule has 10 nitrogen and oxygen atoms in total. The zero-order chi connectivity index (χ0) is 24.5. The van der Waals surface area contributed by atoms with Gasteiger partial charge < -0.3 is 19.7 Å². The summed E-state index contributed by atoms with van der Waals surface area (Å²) in [5.41, 5.74) is 4.15. The molecule has 0 spiro atoms. The van der Waals surface area contributed by atoms with E-state index in [-0.39, 0.29) is 18.3 Å². The minimum atomic E-state index is -0.261. The van der Waals surface area contributed by atoms with E-state index >= 15 is 0 Å². The molecule has 3 aliphatic rings. The number of benzene rings is 1. The van der Waals surface area contributed by atoms with Crippen LogP contribution in [0.2, 0.25) is 0 Å². The third-order valence-corrected chi connectivity index (χ3v) is 7.07. The summed E-state index contributed by atoms with van der Waals surface area (Å²) in [6.45, 7) is 5.44. The number of hydrogen-bond acceptors (Lipinski definition) is 8. The highest BCUT2D eigenvalue weighted by molar-refractivity contribution is 5.81. The largest absolute Gasteiger partial charge is 0.493 e. The first-order valence-electron chi connectivity index (χ1n) is 12.3. The molecule has 0 aliphatic carbocycles. The number of morpholine rings is 1. The van der Waals surface area contributed by atoms with Crippen molar-refractivity contribution in [2.24, 2.45) is 0 Å². The van der Waals surface area contributed by atoms with Gasteiger partial charge in [0.25, 0.3) is 0 Å². The number of hydrogen-bond donors (Lipinski definition) is 1. The number of carbonyl (C=O) groups excluding carboxylic acids is 1. The smallest absolute Gasteiger partial charge is 0.237 e. The van der Waals surface area contributed by atoms with E-state index < -0.39 is 0 Å². The molecule has 1 aromatic carbocycles. The molecule has 0 unspecified atom stereocenters. The Balaban J connectivity index is 1.16. The number of ether oxygens (including phenoxy) is 2. The molecule has 11 heteroatoms. The molecule has 6 rings (SSSR count). The topological polar surface area (TPSA) is 97.1 Å². The molecular weight excluding hydrogens is 465 g/mol. The van der Waals surface area contributed by atoms with Gasteiger partial charge in [-0.05, 0) is 24.1 Å². The van der Waals surface area contributed by atoms with Crippen molar-refractivity contribution in [3.63, 3.8) is 0 Å². The van der Waals surface area contributed by atoms with E-state index in [1.165, 1.54) is 6.07 Å². The van der Waals surface area contributed by atoms with E-state index in [0.717, 1.165) is 35.5 Å². The Bertz CT molecular complexity index is 1320. The lowest BCUT2D eigenvalue weighted by molar-refractivity contribution is -0.133. The number of halogens is 1. The molecule has 1 saturated heterocycles. The highest BCUT2D eigenvalue weighted by atomic mass is 19.1. The predicted octanol–water partition coefficient (Wildman–Crippen LogP) is 1.76. The van der Waals surface area contributed by atoms with Gasteiger partial charge in [-0.1, -0.05) is 6.08 Å². The van der Waals surface area contributed by atoms with Gasteiger partial charge in [0, 0.05) is 62.0 Å². The zero-order valence-corrected chi connectivity index (χ0v) is 20.0. The van der Waals surface area contributed by atoms with Gasteiger partial charge in [-0.3, -0.25) is 14.1 Å². The second-order valence-corrected chi connectivity index (χ2v) is 9.18. The first kappa shape index (κ1) is 22.9. The van der Waals surface area contributed by atoms with Crippen LogP contribution in [0.5, 0.6) is 5.75 Å². The minimum Gasteiger partial charge on any atom is -0.493 e. The van der Waals surface area contributed by atoms with Crippen molar-refractivity contribution in [2.45, 2.75) is 19.4 Å². The van der Waals surface area contributed by atoms with Gasteiger partial charge in [0.1, 0.15) is 17.9 Å². The van der Waals surface area contributed by atoms with Crippen LogP contribution < -0.4 is 10.1 Å². The second-order valence-electron chi connectivity index (χ2n) is 9.18. The molecule has 36 heavy (non-hydrogen) atoms. The maximum Gasteiger partial charge on any atom is 0.237 e. The number of carbonyl (C=O) groups is 1. The Morgan fingerprint density at radius 3 is 2.86 bits per heavy atom. The van der Waals surface area contributed by atoms with Crippen molar-refractivity contribution in [3.8, 4) is 5.75 Å². The summed E-state index contributed by atoms with van der Waals surface area (Å²) in [6, 6.07) is 3.12. The minimum absolute atomic E-state index is 0.141. The molecule has 1 fully saturated rings. The average molecular weight is 494 g/mol. The van der Waals surface area contributed by atoms with Gasteiger partial charge in [0.15, 0.2) is 5.65 Å². The molecule has 188 valence electrons. The highest BCUT2D eigenvalue weighted by Crippen LogP contribution is 2.31. The van der Waals surface area contributed by atoms with Crippen molar-refractivity contribution < 1.29 is 18.7 Å². The summed E-state index contributed by atoms with van der Waals surface area (Å²) < 4.78 is 27.3. The third-order valence-electron chi connectivity index (χ3n) is 7.07. The standard InChI is InChI=1S/C25H28FN7O3/c26-21-1-2-22-18(5-10-36-22)20(21)14-28-25-27-13-19(24-30-29-16-33(24)25)17-3-6-32(7-4-17)23(34)15-31-8-11-35-12-9-31/h1-3,13,16H,4-12,14-15H2,(H,27,28). The molecule has 0 radical (unpaired) electrons. The summed E-state index contributed by atoms with van der Waals surface area (Å²) in [6.07, 6.45) is 6.86. The highest BCUT2D eigenvalue weighted by Gasteiger charge is 2.24. The van der Waals surface area contributed by atoms with Crippen LogP contribution in [0.1, 0.15) is 23.1 Å². The molecule has 3 aromatic rings. The van der Waals surface area contributed by atoms with Gasteiger partial charge in [0.05, 0.1) is 26.4 Å². The maximum absolute atomic E-state index is 14.5. The first-order chi connectivity index (χ1) is 17.7. The van der Waals surface area contributed by atoms with Gasteiger partial charge in [-0.15, -0.1) is 10.2 Å². The van der Waals surface area contributed by atoms with E-state index in [4.69, 9.17) is 9.47 Å². The van der Waals surface area contributed by atoms with E-state index in [0.29, 0.717) is 69.5 Å². The SMILES string of the molecule is O=C(CN1CCOCC1)N1CC=C(c2cnc(NCc3c(F)ccc4c3CCO4)n3cnnc23)CC1. The number of fused-ring (bicyclic) bond motifs is 2. The fourth-order valence-corrected chi connectivity index (χ4v) is 5.04. The Morgan fingerprint density at radius 1 is 1.14 bits per heavy atom. The fraction of sp³-hybridized carbons (Fsp3) is 0.440. The van der Waals surface area contributed by atoms with Gasteiger partial charge in [-0.2, -0.15) is 0 Å². The number of nitrogens with one attached hydrogen (secondary N) is 1. The van der Waals surface area contributed by atoms with Crippen molar-refractivity contribution in [3.05, 3.63) is 53.2 Å². The van der Waals surface area contributed by atoms with Gasteiger partial charge >= 0.3 is 0 Å². The summed E-state index contributed by atoms with van der Waals surface area (Å²) in [4.78, 5) is 21.4. The third kappa shape index (κ3) is 4.40. The number of aromatic nitrogens is 4. The van der Waals surface area contributed by atoms with Crippen molar-refractivity contribution >= 4 is 23.1 Å². The van der Waals surface area contributed by atoms with Crippen LogP contribution in [-0.2, 0) is 22.5 Å². The van der Waals surface area contributed by atoms with Crippen LogP contribution in [0.3, 0.4) is 0 Å². The number of rotatable bonds is 6. The summed E-state index contributed by atoms with van der Waals surface area (Å²) in [5, 5.41) is 11.6. The molecule has 0 bridgehead atoms. The van der Waals surface area contributed by atoms with E-state index in [9.17, 15) is 9.18 Å². The first-order valence-corrected chi connectivity index (χ1v) is 12.3. The molecule has 5 heterocycles. The van der Waals surface area contributed by atoms with Crippen LogP contribution in [0, 0.1) is 5.82 Å². The Morgan fingerprint density at radius 2 is 2.03 bits per heavy atom. The van der Waals surface area contributed by atoms with E-state index in [2.05, 4.69) is 31.5 Å². The molecule has 3 aliphatic heterocycles. The molecule has 1 N–H and O–H groups in total. The summed E-state index contributed by atoms with van der Waals surface area (Å²) in [7, 11) is 0. The molecule has 0 saturated carbocycles. The fourth-order valence-electron chi connectivity index (χ4n) is 5.04. The van der Waals surface area contributed by atoms with E-state index in [1.807, 2.05) is 4.90 Å². The van der Waals surface area contributed by atoms with Crippen molar-refractivity contribution in [1.82, 2.24) is 29.4 Å². The normalized spacial score (nSPS) is 18.1. The molecule has 0 atom stereocenters. The quantitative estimate of drug-likeness (QED) is 0.555. The summed E-state index contributed by atoms with van der Waals surface area (Å²) in [5.74, 6) is 1.16. The van der Waals surface area contributed by atoms with E-state index in [1.54, 1.807) is 23.0 Å². The number of anilines is 1. The lowest BCUT2D eigenvalue weighted by Gasteiger charge is -2.31. The maximum atomic E-state index is 14.5. The Labute approximate surface area is 207 Å². The predicted molar refractivity (Wildman–Crippen MR) is 130 cm³/mol. The summed E-state index contributed by atoms with van der Waals surface area (Å²) >= 11 is 0. The Hall–Kier alpha value is -3.57. The van der Waals surface area contributed by atoms with Crippen LogP contribution in [-0.4, -0.2) is 87.8 Å². The van der Waals surface area contributed by atoms with Crippen LogP contribution in [0.15, 0.2) is 30.7 Å². The van der Waals surface area contributed by atoms with Crippen LogP contribution >= 0.6 is 0 Å². The Kier molecular flexibility index (Phi) is 6.24. The van der Waals surface area contributed by atoms with Gasteiger partial charge in [0.2, 0.25) is 11.9 Å². The van der Waals surface area contributed by atoms with Crippen LogP contribution in [0.4, 0.5) is 10.3 Å². The van der Waals surface area contributed by atoms with Gasteiger partial charge in [-0.25, -0.2) is 9.37 Å². The van der Waals surface area contributed by atoms with Crippen LogP contribution in [0.25, 0.3) is 11.2 Å². The average Bonchev–Trinajstić information content (AvgIpc) is 3.59. The monoisotopic (exact) mass is 493 g/mol.